The maximum atomic E-state index is 5.84. The summed E-state index contributed by atoms with van der Waals surface area (Å²) in [7, 11) is 0. The predicted molar refractivity (Wildman–Crippen MR) is 69.3 cm³/mol. The fourth-order valence-electron chi connectivity index (χ4n) is 2.64. The zero-order chi connectivity index (χ0) is 11.5. The van der Waals surface area contributed by atoms with Crippen molar-refractivity contribution in [2.45, 2.75) is 45.7 Å². The number of hydrogen-bond acceptors (Lipinski definition) is 2. The predicted octanol–water partition coefficient (Wildman–Crippen LogP) is 2.95. The summed E-state index contributed by atoms with van der Waals surface area (Å²) < 4.78 is 0. The maximum absolute atomic E-state index is 5.84. The molecule has 1 unspecified atom stereocenters. The Morgan fingerprint density at radius 2 is 2.25 bits per heavy atom. The van der Waals surface area contributed by atoms with Gasteiger partial charge in [0.15, 0.2) is 0 Å². The smallest absolute Gasteiger partial charge is 0.0343 e. The van der Waals surface area contributed by atoms with Crippen LogP contribution in [0.2, 0.25) is 0 Å². The highest BCUT2D eigenvalue weighted by Crippen LogP contribution is 2.23. The molecule has 1 aliphatic heterocycles. The lowest BCUT2D eigenvalue weighted by atomic mass is 10.1. The van der Waals surface area contributed by atoms with Crippen molar-refractivity contribution in [2.24, 2.45) is 0 Å². The molecule has 2 heteroatoms. The quantitative estimate of drug-likeness (QED) is 0.790. The third-order valence-electron chi connectivity index (χ3n) is 3.69. The second-order valence-electron chi connectivity index (χ2n) is 4.87. The van der Waals surface area contributed by atoms with Crippen molar-refractivity contribution in [1.29, 1.82) is 0 Å². The van der Waals surface area contributed by atoms with Gasteiger partial charge in [-0.1, -0.05) is 19.1 Å². The van der Waals surface area contributed by atoms with Gasteiger partial charge in [0.05, 0.1) is 0 Å². The Balaban J connectivity index is 2.05. The number of anilines is 1. The van der Waals surface area contributed by atoms with Crippen LogP contribution in [0.15, 0.2) is 18.2 Å². The molecule has 88 valence electrons. The van der Waals surface area contributed by atoms with Gasteiger partial charge in [-0.05, 0) is 49.9 Å². The van der Waals surface area contributed by atoms with E-state index in [4.69, 9.17) is 5.73 Å². The van der Waals surface area contributed by atoms with Crippen molar-refractivity contribution in [3.8, 4) is 0 Å². The van der Waals surface area contributed by atoms with Crippen LogP contribution in [0.25, 0.3) is 0 Å². The standard InChI is InChI=1S/C14H22N2/c1-3-13-5-4-8-16(13)10-12-6-7-14(15)11(2)9-12/h6-7,9,13H,3-5,8,10,15H2,1-2H3. The number of rotatable bonds is 3. The third-order valence-corrected chi connectivity index (χ3v) is 3.69. The summed E-state index contributed by atoms with van der Waals surface area (Å²) in [5, 5.41) is 0. The summed E-state index contributed by atoms with van der Waals surface area (Å²) in [4.78, 5) is 2.60. The molecule has 0 aromatic heterocycles. The van der Waals surface area contributed by atoms with Crippen LogP contribution < -0.4 is 5.73 Å². The van der Waals surface area contributed by atoms with Crippen LogP contribution in [0.1, 0.15) is 37.3 Å². The molecule has 0 bridgehead atoms. The van der Waals surface area contributed by atoms with Crippen LogP contribution in [0.4, 0.5) is 5.69 Å². The van der Waals surface area contributed by atoms with E-state index in [-0.39, 0.29) is 0 Å². The van der Waals surface area contributed by atoms with E-state index < -0.39 is 0 Å². The number of nitrogen functional groups attached to an aromatic ring is 1. The second-order valence-corrected chi connectivity index (χ2v) is 4.87. The van der Waals surface area contributed by atoms with E-state index in [1.807, 2.05) is 6.07 Å². The molecule has 0 spiro atoms. The van der Waals surface area contributed by atoms with Crippen LogP contribution in [-0.2, 0) is 6.54 Å². The molecule has 2 rings (SSSR count). The molecule has 2 N–H and O–H groups in total. The number of benzene rings is 1. The average molecular weight is 218 g/mol. The van der Waals surface area contributed by atoms with Gasteiger partial charge in [-0.15, -0.1) is 0 Å². The number of likely N-dealkylation sites (tertiary alicyclic amines) is 1. The van der Waals surface area contributed by atoms with Gasteiger partial charge in [-0.3, -0.25) is 4.90 Å². The molecule has 16 heavy (non-hydrogen) atoms. The molecule has 2 nitrogen and oxygen atoms in total. The van der Waals surface area contributed by atoms with E-state index in [9.17, 15) is 0 Å². The van der Waals surface area contributed by atoms with E-state index in [0.717, 1.165) is 18.3 Å². The lowest BCUT2D eigenvalue weighted by Crippen LogP contribution is -2.28. The molecule has 1 aromatic rings. The first kappa shape index (κ1) is 11.5. The highest BCUT2D eigenvalue weighted by atomic mass is 15.2. The lowest BCUT2D eigenvalue weighted by Gasteiger charge is -2.23. The minimum Gasteiger partial charge on any atom is -0.399 e. The SMILES string of the molecule is CCC1CCCN1Cc1ccc(N)c(C)c1. The van der Waals surface area contributed by atoms with Gasteiger partial charge in [0, 0.05) is 18.3 Å². The highest BCUT2D eigenvalue weighted by Gasteiger charge is 2.22. The van der Waals surface area contributed by atoms with Crippen molar-refractivity contribution in [3.63, 3.8) is 0 Å². The fraction of sp³-hybridized carbons (Fsp3) is 0.571. The topological polar surface area (TPSA) is 29.3 Å². The van der Waals surface area contributed by atoms with Crippen molar-refractivity contribution in [1.82, 2.24) is 4.90 Å². The molecule has 1 heterocycles. The Bertz CT molecular complexity index is 360. The monoisotopic (exact) mass is 218 g/mol. The van der Waals surface area contributed by atoms with Gasteiger partial charge in [-0.25, -0.2) is 0 Å². The normalized spacial score (nSPS) is 21.5. The molecule has 1 atom stereocenters. The van der Waals surface area contributed by atoms with Crippen molar-refractivity contribution in [3.05, 3.63) is 29.3 Å². The summed E-state index contributed by atoms with van der Waals surface area (Å²) in [5.74, 6) is 0. The molecule has 0 saturated carbocycles. The Labute approximate surface area is 98.4 Å². The van der Waals surface area contributed by atoms with Crippen LogP contribution in [0, 0.1) is 6.92 Å². The Morgan fingerprint density at radius 3 is 2.94 bits per heavy atom. The number of aryl methyl sites for hydroxylation is 1. The van der Waals surface area contributed by atoms with E-state index in [0.29, 0.717) is 0 Å². The van der Waals surface area contributed by atoms with Gasteiger partial charge in [0.2, 0.25) is 0 Å². The van der Waals surface area contributed by atoms with E-state index >= 15 is 0 Å². The van der Waals surface area contributed by atoms with Gasteiger partial charge in [0.1, 0.15) is 0 Å². The first-order chi connectivity index (χ1) is 7.70. The van der Waals surface area contributed by atoms with Crippen LogP contribution in [0.5, 0.6) is 0 Å². The summed E-state index contributed by atoms with van der Waals surface area (Å²) in [6, 6.07) is 7.20. The summed E-state index contributed by atoms with van der Waals surface area (Å²) in [5.41, 5.74) is 9.33. The van der Waals surface area contributed by atoms with E-state index in [1.54, 1.807) is 0 Å². The molecule has 1 saturated heterocycles. The molecule has 1 fully saturated rings. The third kappa shape index (κ3) is 2.38. The Kier molecular flexibility index (Phi) is 3.49. The van der Waals surface area contributed by atoms with E-state index in [1.165, 1.54) is 36.9 Å². The highest BCUT2D eigenvalue weighted by molar-refractivity contribution is 5.47. The second kappa shape index (κ2) is 4.88. The van der Waals surface area contributed by atoms with Crippen LogP contribution in [-0.4, -0.2) is 17.5 Å². The minimum atomic E-state index is 0.790. The molecular formula is C14H22N2. The van der Waals surface area contributed by atoms with Crippen LogP contribution >= 0.6 is 0 Å². The molecule has 1 aromatic carbocycles. The van der Waals surface area contributed by atoms with Crippen LogP contribution in [0.3, 0.4) is 0 Å². The zero-order valence-electron chi connectivity index (χ0n) is 10.4. The van der Waals surface area contributed by atoms with Gasteiger partial charge < -0.3 is 5.73 Å². The Hall–Kier alpha value is -1.02. The molecule has 0 aliphatic carbocycles. The van der Waals surface area contributed by atoms with Gasteiger partial charge in [-0.2, -0.15) is 0 Å². The van der Waals surface area contributed by atoms with E-state index in [2.05, 4.69) is 30.9 Å². The number of hydrogen-bond donors (Lipinski definition) is 1. The first-order valence-electron chi connectivity index (χ1n) is 6.29. The fourth-order valence-corrected chi connectivity index (χ4v) is 2.64. The average Bonchev–Trinajstić information content (AvgIpc) is 2.71. The lowest BCUT2D eigenvalue weighted by molar-refractivity contribution is 0.240. The molecule has 0 radical (unpaired) electrons. The molecule has 0 amide bonds. The van der Waals surface area contributed by atoms with Crippen molar-refractivity contribution < 1.29 is 0 Å². The molecule has 1 aliphatic rings. The summed E-state index contributed by atoms with van der Waals surface area (Å²) >= 11 is 0. The molecular weight excluding hydrogens is 196 g/mol. The zero-order valence-corrected chi connectivity index (χ0v) is 10.4. The van der Waals surface area contributed by atoms with Crippen molar-refractivity contribution in [2.75, 3.05) is 12.3 Å². The maximum Gasteiger partial charge on any atom is 0.0343 e. The summed E-state index contributed by atoms with van der Waals surface area (Å²) in [6.07, 6.45) is 3.99. The Morgan fingerprint density at radius 1 is 1.44 bits per heavy atom. The van der Waals surface area contributed by atoms with Crippen molar-refractivity contribution >= 4 is 5.69 Å². The number of nitrogens with zero attached hydrogens (tertiary/aromatic N) is 1. The minimum absolute atomic E-state index is 0.790. The number of nitrogens with two attached hydrogens (primary N) is 1. The first-order valence-corrected chi connectivity index (χ1v) is 6.29. The van der Waals surface area contributed by atoms with Gasteiger partial charge >= 0.3 is 0 Å². The largest absolute Gasteiger partial charge is 0.399 e. The summed E-state index contributed by atoms with van der Waals surface area (Å²) in [6.45, 7) is 6.71. The van der Waals surface area contributed by atoms with Gasteiger partial charge in [0.25, 0.3) is 0 Å².